The van der Waals surface area contributed by atoms with Gasteiger partial charge in [-0.15, -0.1) is 0 Å². The fraction of sp³-hybridized carbons (Fsp3) is 0.154. The highest BCUT2D eigenvalue weighted by Crippen LogP contribution is 2.28. The molecular formula is C13H11BrF2N2. The van der Waals surface area contributed by atoms with Crippen molar-refractivity contribution in [2.75, 3.05) is 7.05 Å². The molecule has 1 aromatic carbocycles. The zero-order valence-electron chi connectivity index (χ0n) is 9.62. The number of nitrogens with zero attached hydrogens (tertiary/aromatic N) is 1. The Morgan fingerprint density at radius 2 is 1.94 bits per heavy atom. The lowest BCUT2D eigenvalue weighted by Crippen LogP contribution is -2.18. The van der Waals surface area contributed by atoms with Gasteiger partial charge in [-0.3, -0.25) is 4.98 Å². The van der Waals surface area contributed by atoms with E-state index in [9.17, 15) is 8.78 Å². The van der Waals surface area contributed by atoms with E-state index >= 15 is 0 Å². The summed E-state index contributed by atoms with van der Waals surface area (Å²) < 4.78 is 26.9. The van der Waals surface area contributed by atoms with Gasteiger partial charge >= 0.3 is 0 Å². The highest BCUT2D eigenvalue weighted by molar-refractivity contribution is 9.10. The van der Waals surface area contributed by atoms with Crippen LogP contribution in [0.4, 0.5) is 8.78 Å². The highest BCUT2D eigenvalue weighted by atomic mass is 79.9. The number of pyridine rings is 1. The molecule has 0 bridgehead atoms. The van der Waals surface area contributed by atoms with Crippen molar-refractivity contribution in [1.82, 2.24) is 10.3 Å². The minimum absolute atomic E-state index is 0.247. The molecule has 94 valence electrons. The molecule has 0 aliphatic carbocycles. The predicted molar refractivity (Wildman–Crippen MR) is 69.2 cm³/mol. The number of rotatable bonds is 3. The highest BCUT2D eigenvalue weighted by Gasteiger charge is 2.16. The number of hydrogen-bond acceptors (Lipinski definition) is 2. The second-order valence-corrected chi connectivity index (χ2v) is 4.68. The van der Waals surface area contributed by atoms with Crippen LogP contribution in [-0.4, -0.2) is 12.0 Å². The van der Waals surface area contributed by atoms with Crippen molar-refractivity contribution < 1.29 is 8.78 Å². The summed E-state index contributed by atoms with van der Waals surface area (Å²) in [6.07, 6.45) is 2.73. The number of benzene rings is 1. The van der Waals surface area contributed by atoms with E-state index in [1.165, 1.54) is 18.2 Å². The Kier molecular flexibility index (Phi) is 4.04. The molecule has 0 saturated heterocycles. The van der Waals surface area contributed by atoms with Gasteiger partial charge in [0.25, 0.3) is 0 Å². The van der Waals surface area contributed by atoms with Crippen LogP contribution in [-0.2, 0) is 0 Å². The molecule has 1 atom stereocenters. The van der Waals surface area contributed by atoms with Crippen LogP contribution in [0, 0.1) is 11.6 Å². The third-order valence-corrected chi connectivity index (χ3v) is 3.31. The molecule has 2 aromatic rings. The Hall–Kier alpha value is -1.33. The largest absolute Gasteiger partial charge is 0.309 e. The first-order valence-electron chi connectivity index (χ1n) is 5.34. The van der Waals surface area contributed by atoms with E-state index in [1.807, 2.05) is 0 Å². The molecule has 1 heterocycles. The van der Waals surface area contributed by atoms with Gasteiger partial charge in [0, 0.05) is 10.7 Å². The Labute approximate surface area is 112 Å². The van der Waals surface area contributed by atoms with Crippen LogP contribution >= 0.6 is 15.9 Å². The number of halogens is 3. The van der Waals surface area contributed by atoms with Gasteiger partial charge in [0.2, 0.25) is 0 Å². The first kappa shape index (κ1) is 13.1. The van der Waals surface area contributed by atoms with E-state index in [1.54, 1.807) is 19.3 Å². The molecule has 0 aliphatic rings. The Balaban J connectivity index is 2.45. The van der Waals surface area contributed by atoms with Crippen molar-refractivity contribution >= 4 is 15.9 Å². The van der Waals surface area contributed by atoms with Crippen molar-refractivity contribution in [1.29, 1.82) is 0 Å². The molecule has 0 saturated carbocycles. The molecule has 2 nitrogen and oxygen atoms in total. The maximum atomic E-state index is 13.2. The SMILES string of the molecule is CNC(c1cncc(F)c1)c1ccc(F)cc1Br. The number of nitrogens with one attached hydrogen (secondary N) is 1. The van der Waals surface area contributed by atoms with E-state index in [2.05, 4.69) is 26.2 Å². The molecule has 0 amide bonds. The monoisotopic (exact) mass is 312 g/mol. The van der Waals surface area contributed by atoms with E-state index < -0.39 is 5.82 Å². The van der Waals surface area contributed by atoms with Crippen LogP contribution in [0.25, 0.3) is 0 Å². The Morgan fingerprint density at radius 3 is 2.56 bits per heavy atom. The van der Waals surface area contributed by atoms with E-state index in [4.69, 9.17) is 0 Å². The maximum Gasteiger partial charge on any atom is 0.141 e. The summed E-state index contributed by atoms with van der Waals surface area (Å²) in [7, 11) is 1.76. The molecular weight excluding hydrogens is 302 g/mol. The van der Waals surface area contributed by atoms with Gasteiger partial charge < -0.3 is 5.32 Å². The zero-order valence-corrected chi connectivity index (χ0v) is 11.2. The van der Waals surface area contributed by atoms with Gasteiger partial charge in [0.1, 0.15) is 11.6 Å². The smallest absolute Gasteiger partial charge is 0.141 e. The molecule has 0 spiro atoms. The molecule has 2 rings (SSSR count). The zero-order chi connectivity index (χ0) is 13.1. The average molecular weight is 313 g/mol. The first-order valence-corrected chi connectivity index (χ1v) is 6.14. The van der Waals surface area contributed by atoms with Gasteiger partial charge in [-0.25, -0.2) is 8.78 Å². The topological polar surface area (TPSA) is 24.9 Å². The van der Waals surface area contributed by atoms with Crippen LogP contribution in [0.2, 0.25) is 0 Å². The summed E-state index contributed by atoms with van der Waals surface area (Å²) in [5.74, 6) is -0.719. The minimum atomic E-state index is -0.397. The lowest BCUT2D eigenvalue weighted by molar-refractivity contribution is 0.605. The molecule has 0 fully saturated rings. The van der Waals surface area contributed by atoms with Crippen LogP contribution in [0.3, 0.4) is 0 Å². The first-order chi connectivity index (χ1) is 8.61. The van der Waals surface area contributed by atoms with Gasteiger partial charge in [-0.05, 0) is 36.4 Å². The molecule has 18 heavy (non-hydrogen) atoms. The summed E-state index contributed by atoms with van der Waals surface area (Å²) >= 11 is 3.31. The summed E-state index contributed by atoms with van der Waals surface area (Å²) in [6, 6.07) is 5.57. The quantitative estimate of drug-likeness (QED) is 0.939. The predicted octanol–water partition coefficient (Wildman–Crippen LogP) is 3.43. The second-order valence-electron chi connectivity index (χ2n) is 3.82. The van der Waals surface area contributed by atoms with Gasteiger partial charge in [0.15, 0.2) is 0 Å². The lowest BCUT2D eigenvalue weighted by Gasteiger charge is -2.18. The minimum Gasteiger partial charge on any atom is -0.309 e. The van der Waals surface area contributed by atoms with Crippen molar-refractivity contribution in [3.8, 4) is 0 Å². The molecule has 1 aromatic heterocycles. The van der Waals surface area contributed by atoms with Crippen molar-refractivity contribution in [2.45, 2.75) is 6.04 Å². The van der Waals surface area contributed by atoms with Crippen LogP contribution < -0.4 is 5.32 Å². The summed E-state index contributed by atoms with van der Waals surface area (Å²) in [5, 5.41) is 3.06. The number of aromatic nitrogens is 1. The molecule has 1 N–H and O–H groups in total. The maximum absolute atomic E-state index is 13.2. The number of hydrogen-bond donors (Lipinski definition) is 1. The van der Waals surface area contributed by atoms with Crippen molar-refractivity contribution in [3.63, 3.8) is 0 Å². The Bertz CT molecular complexity index is 560. The summed E-state index contributed by atoms with van der Waals surface area (Å²) in [5.41, 5.74) is 1.51. The lowest BCUT2D eigenvalue weighted by atomic mass is 10.0. The Morgan fingerprint density at radius 1 is 1.17 bits per heavy atom. The standard InChI is InChI=1S/C13H11BrF2N2/c1-17-13(8-4-10(16)7-18-6-8)11-3-2-9(15)5-12(11)14/h2-7,13,17H,1H3. The van der Waals surface area contributed by atoms with Gasteiger partial charge in [-0.2, -0.15) is 0 Å². The fourth-order valence-electron chi connectivity index (χ4n) is 1.82. The molecule has 0 aliphatic heterocycles. The fourth-order valence-corrected chi connectivity index (χ4v) is 2.40. The summed E-state index contributed by atoms with van der Waals surface area (Å²) in [4.78, 5) is 3.82. The van der Waals surface area contributed by atoms with Crippen LogP contribution in [0.15, 0.2) is 41.1 Å². The van der Waals surface area contributed by atoms with Crippen LogP contribution in [0.1, 0.15) is 17.2 Å². The summed E-state index contributed by atoms with van der Waals surface area (Å²) in [6.45, 7) is 0. The van der Waals surface area contributed by atoms with Crippen LogP contribution in [0.5, 0.6) is 0 Å². The third-order valence-electron chi connectivity index (χ3n) is 2.62. The van der Waals surface area contributed by atoms with E-state index in [0.29, 0.717) is 10.0 Å². The second kappa shape index (κ2) is 5.54. The van der Waals surface area contributed by atoms with Gasteiger partial charge in [-0.1, -0.05) is 22.0 Å². The van der Waals surface area contributed by atoms with Gasteiger partial charge in [0.05, 0.1) is 12.2 Å². The normalized spacial score (nSPS) is 12.4. The van der Waals surface area contributed by atoms with E-state index in [0.717, 1.165) is 11.8 Å². The van der Waals surface area contributed by atoms with Crippen molar-refractivity contribution in [2.24, 2.45) is 0 Å². The third kappa shape index (κ3) is 2.73. The molecule has 1 unspecified atom stereocenters. The molecule has 0 radical (unpaired) electrons. The molecule has 5 heteroatoms. The van der Waals surface area contributed by atoms with E-state index in [-0.39, 0.29) is 11.9 Å². The average Bonchev–Trinajstić information content (AvgIpc) is 2.33. The van der Waals surface area contributed by atoms with Crippen molar-refractivity contribution in [3.05, 3.63) is 63.9 Å².